The van der Waals surface area contributed by atoms with Gasteiger partial charge in [0.2, 0.25) is 15.9 Å². The van der Waals surface area contributed by atoms with Crippen molar-refractivity contribution in [2.75, 3.05) is 26.3 Å². The van der Waals surface area contributed by atoms with E-state index in [4.69, 9.17) is 9.47 Å². The van der Waals surface area contributed by atoms with Gasteiger partial charge in [0.15, 0.2) is 0 Å². The average molecular weight is 342 g/mol. The first-order valence-electron chi connectivity index (χ1n) is 7.65. The molecule has 1 saturated heterocycles. The monoisotopic (exact) mass is 342 g/mol. The minimum absolute atomic E-state index is 0.119. The minimum atomic E-state index is -3.60. The van der Waals surface area contributed by atoms with Gasteiger partial charge in [-0.15, -0.1) is 0 Å². The van der Waals surface area contributed by atoms with Crippen LogP contribution in [0.2, 0.25) is 0 Å². The Morgan fingerprint density at radius 3 is 2.65 bits per heavy atom. The van der Waals surface area contributed by atoms with Crippen LogP contribution >= 0.6 is 0 Å². The molecule has 1 aliphatic rings. The summed E-state index contributed by atoms with van der Waals surface area (Å²) < 4.78 is 37.2. The Morgan fingerprint density at radius 2 is 2.04 bits per heavy atom. The summed E-state index contributed by atoms with van der Waals surface area (Å²) in [5.41, 5.74) is 0. The Hall–Kier alpha value is -1.64. The SMILES string of the molecule is CCOc1ccc(S(=O)(=O)NCCNC(=O)C2CCCO2)cc1. The lowest BCUT2D eigenvalue weighted by molar-refractivity contribution is -0.129. The number of hydrogen-bond donors (Lipinski definition) is 2. The van der Waals surface area contributed by atoms with Gasteiger partial charge in [0.05, 0.1) is 11.5 Å². The molecule has 0 aromatic heterocycles. The quantitative estimate of drug-likeness (QED) is 0.677. The van der Waals surface area contributed by atoms with E-state index in [0.29, 0.717) is 25.4 Å². The number of rotatable bonds is 8. The Bertz CT molecular complexity index is 609. The fourth-order valence-corrected chi connectivity index (χ4v) is 3.27. The van der Waals surface area contributed by atoms with Gasteiger partial charge in [0.1, 0.15) is 11.9 Å². The van der Waals surface area contributed by atoms with Crippen molar-refractivity contribution in [3.8, 4) is 5.75 Å². The first-order chi connectivity index (χ1) is 11.0. The fraction of sp³-hybridized carbons (Fsp3) is 0.533. The van der Waals surface area contributed by atoms with Crippen LogP contribution in [0.15, 0.2) is 29.2 Å². The summed E-state index contributed by atoms with van der Waals surface area (Å²) in [5, 5.41) is 2.66. The highest BCUT2D eigenvalue weighted by Crippen LogP contribution is 2.15. The minimum Gasteiger partial charge on any atom is -0.494 e. The summed E-state index contributed by atoms with van der Waals surface area (Å²) in [6.45, 7) is 3.32. The van der Waals surface area contributed by atoms with Gasteiger partial charge in [0, 0.05) is 19.7 Å². The zero-order valence-corrected chi connectivity index (χ0v) is 13.9. The summed E-state index contributed by atoms with van der Waals surface area (Å²) in [7, 11) is -3.60. The van der Waals surface area contributed by atoms with Crippen molar-refractivity contribution in [1.29, 1.82) is 0 Å². The van der Waals surface area contributed by atoms with E-state index in [1.807, 2.05) is 6.92 Å². The highest BCUT2D eigenvalue weighted by atomic mass is 32.2. The van der Waals surface area contributed by atoms with Gasteiger partial charge in [-0.05, 0) is 44.0 Å². The van der Waals surface area contributed by atoms with Crippen LogP contribution in [-0.2, 0) is 19.6 Å². The third kappa shape index (κ3) is 5.19. The second-order valence-electron chi connectivity index (χ2n) is 5.09. The van der Waals surface area contributed by atoms with E-state index in [-0.39, 0.29) is 23.9 Å². The van der Waals surface area contributed by atoms with Crippen LogP contribution in [-0.4, -0.2) is 46.7 Å². The van der Waals surface area contributed by atoms with Crippen LogP contribution in [0.4, 0.5) is 0 Å². The molecule has 2 rings (SSSR count). The molecule has 128 valence electrons. The van der Waals surface area contributed by atoms with Gasteiger partial charge in [-0.1, -0.05) is 0 Å². The van der Waals surface area contributed by atoms with E-state index < -0.39 is 16.1 Å². The molecular formula is C15H22N2O5S. The fourth-order valence-electron chi connectivity index (χ4n) is 2.23. The van der Waals surface area contributed by atoms with Crippen LogP contribution < -0.4 is 14.8 Å². The summed E-state index contributed by atoms with van der Waals surface area (Å²) in [4.78, 5) is 11.9. The molecule has 0 saturated carbocycles. The molecule has 1 unspecified atom stereocenters. The zero-order valence-electron chi connectivity index (χ0n) is 13.1. The molecule has 0 radical (unpaired) electrons. The molecule has 8 heteroatoms. The smallest absolute Gasteiger partial charge is 0.249 e. The van der Waals surface area contributed by atoms with Crippen molar-refractivity contribution in [3.63, 3.8) is 0 Å². The van der Waals surface area contributed by atoms with E-state index in [9.17, 15) is 13.2 Å². The van der Waals surface area contributed by atoms with Gasteiger partial charge < -0.3 is 14.8 Å². The molecule has 0 bridgehead atoms. The van der Waals surface area contributed by atoms with Crippen LogP contribution in [0.25, 0.3) is 0 Å². The van der Waals surface area contributed by atoms with Crippen molar-refractivity contribution in [2.45, 2.75) is 30.8 Å². The maximum atomic E-state index is 12.1. The van der Waals surface area contributed by atoms with Crippen molar-refractivity contribution >= 4 is 15.9 Å². The maximum Gasteiger partial charge on any atom is 0.249 e. The summed E-state index contributed by atoms with van der Waals surface area (Å²) in [5.74, 6) is 0.429. The first kappa shape index (κ1) is 17.7. The molecule has 1 atom stereocenters. The van der Waals surface area contributed by atoms with Gasteiger partial charge in [-0.3, -0.25) is 4.79 Å². The Morgan fingerprint density at radius 1 is 1.30 bits per heavy atom. The van der Waals surface area contributed by atoms with Crippen LogP contribution in [0.5, 0.6) is 5.75 Å². The first-order valence-corrected chi connectivity index (χ1v) is 9.13. The molecular weight excluding hydrogens is 320 g/mol. The molecule has 0 aliphatic carbocycles. The second kappa shape index (κ2) is 8.28. The Kier molecular flexibility index (Phi) is 6.37. The molecule has 1 fully saturated rings. The van der Waals surface area contributed by atoms with Gasteiger partial charge in [-0.2, -0.15) is 0 Å². The highest BCUT2D eigenvalue weighted by Gasteiger charge is 2.23. The lowest BCUT2D eigenvalue weighted by Gasteiger charge is -2.11. The molecule has 1 heterocycles. The lowest BCUT2D eigenvalue weighted by Crippen LogP contribution is -2.39. The standard InChI is InChI=1S/C15H22N2O5S/c1-2-21-12-5-7-13(8-6-12)23(19,20)17-10-9-16-15(18)14-4-3-11-22-14/h5-8,14,17H,2-4,9-11H2,1H3,(H,16,18). The number of carbonyl (C=O) groups is 1. The van der Waals surface area contributed by atoms with E-state index in [1.54, 1.807) is 12.1 Å². The zero-order chi connectivity index (χ0) is 16.7. The predicted molar refractivity (Wildman–Crippen MR) is 84.8 cm³/mol. The molecule has 0 spiro atoms. The number of benzene rings is 1. The number of amides is 1. The van der Waals surface area contributed by atoms with Gasteiger partial charge in [-0.25, -0.2) is 13.1 Å². The number of hydrogen-bond acceptors (Lipinski definition) is 5. The molecule has 1 aliphatic heterocycles. The van der Waals surface area contributed by atoms with E-state index in [2.05, 4.69) is 10.0 Å². The largest absolute Gasteiger partial charge is 0.494 e. The van der Waals surface area contributed by atoms with Crippen molar-refractivity contribution in [3.05, 3.63) is 24.3 Å². The van der Waals surface area contributed by atoms with Crippen molar-refractivity contribution in [1.82, 2.24) is 10.0 Å². The van der Waals surface area contributed by atoms with E-state index in [1.165, 1.54) is 12.1 Å². The van der Waals surface area contributed by atoms with Crippen LogP contribution in [0.3, 0.4) is 0 Å². The molecule has 1 aromatic rings. The summed E-state index contributed by atoms with van der Waals surface area (Å²) >= 11 is 0. The number of sulfonamides is 1. The van der Waals surface area contributed by atoms with Crippen LogP contribution in [0.1, 0.15) is 19.8 Å². The highest BCUT2D eigenvalue weighted by molar-refractivity contribution is 7.89. The average Bonchev–Trinajstić information content (AvgIpc) is 3.07. The third-order valence-corrected chi connectivity index (χ3v) is 4.86. The van der Waals surface area contributed by atoms with Crippen molar-refractivity contribution in [2.24, 2.45) is 0 Å². The van der Waals surface area contributed by atoms with Gasteiger partial charge >= 0.3 is 0 Å². The van der Waals surface area contributed by atoms with Crippen LogP contribution in [0, 0.1) is 0 Å². The predicted octanol–water partition coefficient (Wildman–Crippen LogP) is 0.659. The summed E-state index contributed by atoms with van der Waals surface area (Å²) in [6, 6.07) is 6.19. The third-order valence-electron chi connectivity index (χ3n) is 3.38. The number of nitrogens with one attached hydrogen (secondary N) is 2. The molecule has 2 N–H and O–H groups in total. The van der Waals surface area contributed by atoms with E-state index in [0.717, 1.165) is 6.42 Å². The lowest BCUT2D eigenvalue weighted by atomic mass is 10.2. The normalized spacial score (nSPS) is 17.9. The number of carbonyl (C=O) groups excluding carboxylic acids is 1. The van der Waals surface area contributed by atoms with E-state index >= 15 is 0 Å². The maximum absolute atomic E-state index is 12.1. The van der Waals surface area contributed by atoms with Crippen molar-refractivity contribution < 1.29 is 22.7 Å². The number of ether oxygens (including phenoxy) is 2. The Balaban J connectivity index is 1.78. The Labute approximate surface area is 136 Å². The molecule has 1 aromatic carbocycles. The molecule has 23 heavy (non-hydrogen) atoms. The summed E-state index contributed by atoms with van der Waals surface area (Å²) in [6.07, 6.45) is 1.18. The molecule has 1 amide bonds. The van der Waals surface area contributed by atoms with Gasteiger partial charge in [0.25, 0.3) is 0 Å². The molecule has 7 nitrogen and oxygen atoms in total. The topological polar surface area (TPSA) is 93.7 Å². The second-order valence-corrected chi connectivity index (χ2v) is 6.86.